The highest BCUT2D eigenvalue weighted by molar-refractivity contribution is 8.00. The highest BCUT2D eigenvalue weighted by Crippen LogP contribution is 2.39. The first-order valence-electron chi connectivity index (χ1n) is 6.78. The minimum atomic E-state index is 0.180. The summed E-state index contributed by atoms with van der Waals surface area (Å²) in [6.07, 6.45) is 2.18. The standard InChI is InChI=1S/C15H21NO2S/c1-14(2)9-19-15(3,16-14)7-6-11-4-5-12-13(8-11)18-10-17-12/h4-5,8,16H,6-7,9-10H2,1-3H3. The maximum absolute atomic E-state index is 5.43. The summed E-state index contributed by atoms with van der Waals surface area (Å²) in [5, 5.41) is 3.74. The largest absolute Gasteiger partial charge is 0.454 e. The first kappa shape index (κ1) is 13.1. The Morgan fingerprint density at radius 1 is 1.21 bits per heavy atom. The van der Waals surface area contributed by atoms with E-state index in [-0.39, 0.29) is 10.4 Å². The second-order valence-corrected chi connectivity index (χ2v) is 7.69. The molecular formula is C15H21NO2S. The van der Waals surface area contributed by atoms with Gasteiger partial charge in [-0.15, -0.1) is 11.8 Å². The second-order valence-electron chi connectivity index (χ2n) is 6.22. The fourth-order valence-electron chi connectivity index (χ4n) is 2.74. The molecule has 2 aliphatic heterocycles. The minimum Gasteiger partial charge on any atom is -0.454 e. The fraction of sp³-hybridized carbons (Fsp3) is 0.600. The van der Waals surface area contributed by atoms with Gasteiger partial charge in [-0.25, -0.2) is 0 Å². The number of thioether (sulfide) groups is 1. The average molecular weight is 279 g/mol. The summed E-state index contributed by atoms with van der Waals surface area (Å²) >= 11 is 2.03. The molecule has 0 amide bonds. The molecule has 1 unspecified atom stereocenters. The molecule has 0 spiro atoms. The average Bonchev–Trinajstić information content (AvgIpc) is 2.91. The third-order valence-electron chi connectivity index (χ3n) is 3.68. The van der Waals surface area contributed by atoms with Crippen LogP contribution in [0.25, 0.3) is 0 Å². The number of rotatable bonds is 3. The molecule has 1 aromatic rings. The molecule has 2 aliphatic rings. The van der Waals surface area contributed by atoms with Gasteiger partial charge in [0.15, 0.2) is 11.5 Å². The maximum Gasteiger partial charge on any atom is 0.231 e. The Balaban J connectivity index is 1.64. The van der Waals surface area contributed by atoms with Crippen molar-refractivity contribution in [2.45, 2.75) is 44.0 Å². The number of fused-ring (bicyclic) bond motifs is 1. The molecular weight excluding hydrogens is 258 g/mol. The first-order chi connectivity index (χ1) is 8.96. The van der Waals surface area contributed by atoms with Crippen molar-refractivity contribution < 1.29 is 9.47 Å². The van der Waals surface area contributed by atoms with Crippen LogP contribution in [-0.2, 0) is 6.42 Å². The van der Waals surface area contributed by atoms with Crippen molar-refractivity contribution in [1.29, 1.82) is 0 Å². The highest BCUT2D eigenvalue weighted by atomic mass is 32.2. The van der Waals surface area contributed by atoms with Gasteiger partial charge >= 0.3 is 0 Å². The molecule has 1 fully saturated rings. The third kappa shape index (κ3) is 2.84. The van der Waals surface area contributed by atoms with Gasteiger partial charge in [0.25, 0.3) is 0 Å². The molecule has 104 valence electrons. The Labute approximate surface area is 119 Å². The van der Waals surface area contributed by atoms with Crippen molar-refractivity contribution in [1.82, 2.24) is 5.32 Å². The third-order valence-corrected chi connectivity index (χ3v) is 5.49. The zero-order chi connectivity index (χ0) is 13.5. The van der Waals surface area contributed by atoms with E-state index in [1.807, 2.05) is 17.8 Å². The molecule has 4 heteroatoms. The van der Waals surface area contributed by atoms with Crippen LogP contribution in [0.1, 0.15) is 32.8 Å². The summed E-state index contributed by atoms with van der Waals surface area (Å²) in [6, 6.07) is 6.26. The molecule has 0 aromatic heterocycles. The smallest absolute Gasteiger partial charge is 0.231 e. The van der Waals surface area contributed by atoms with E-state index >= 15 is 0 Å². The molecule has 0 bridgehead atoms. The molecule has 0 saturated carbocycles. The summed E-state index contributed by atoms with van der Waals surface area (Å²) in [5.41, 5.74) is 1.56. The highest BCUT2D eigenvalue weighted by Gasteiger charge is 2.39. The molecule has 1 saturated heterocycles. The lowest BCUT2D eigenvalue weighted by molar-refractivity contribution is 0.174. The summed E-state index contributed by atoms with van der Waals surface area (Å²) < 4.78 is 10.8. The van der Waals surface area contributed by atoms with Gasteiger partial charge in [-0.3, -0.25) is 5.32 Å². The van der Waals surface area contributed by atoms with Crippen LogP contribution in [0.2, 0.25) is 0 Å². The van der Waals surface area contributed by atoms with E-state index in [1.54, 1.807) is 0 Å². The molecule has 1 aromatic carbocycles. The van der Waals surface area contributed by atoms with E-state index in [0.717, 1.165) is 24.3 Å². The molecule has 2 heterocycles. The van der Waals surface area contributed by atoms with Crippen LogP contribution in [0.15, 0.2) is 18.2 Å². The molecule has 0 aliphatic carbocycles. The maximum atomic E-state index is 5.43. The zero-order valence-electron chi connectivity index (χ0n) is 11.8. The number of hydrogen-bond acceptors (Lipinski definition) is 4. The van der Waals surface area contributed by atoms with Crippen LogP contribution < -0.4 is 14.8 Å². The number of benzene rings is 1. The van der Waals surface area contributed by atoms with Gasteiger partial charge < -0.3 is 9.47 Å². The van der Waals surface area contributed by atoms with Gasteiger partial charge in [-0.1, -0.05) is 6.07 Å². The van der Waals surface area contributed by atoms with Crippen LogP contribution in [0.3, 0.4) is 0 Å². The fourth-order valence-corrected chi connectivity index (χ4v) is 4.09. The molecule has 3 rings (SSSR count). The lowest BCUT2D eigenvalue weighted by Gasteiger charge is -2.27. The van der Waals surface area contributed by atoms with Crippen LogP contribution >= 0.6 is 11.8 Å². The van der Waals surface area contributed by atoms with E-state index in [1.165, 1.54) is 11.3 Å². The Morgan fingerprint density at radius 2 is 2.00 bits per heavy atom. The van der Waals surface area contributed by atoms with Crippen molar-refractivity contribution in [2.75, 3.05) is 12.5 Å². The van der Waals surface area contributed by atoms with Crippen LogP contribution in [0, 0.1) is 0 Å². The summed E-state index contributed by atoms with van der Waals surface area (Å²) in [6.45, 7) is 7.19. The summed E-state index contributed by atoms with van der Waals surface area (Å²) in [4.78, 5) is 0.180. The minimum absolute atomic E-state index is 0.180. The quantitative estimate of drug-likeness (QED) is 0.920. The molecule has 19 heavy (non-hydrogen) atoms. The van der Waals surface area contributed by atoms with Crippen molar-refractivity contribution in [2.24, 2.45) is 0 Å². The van der Waals surface area contributed by atoms with Gasteiger partial charge in [0, 0.05) is 11.3 Å². The van der Waals surface area contributed by atoms with Crippen molar-refractivity contribution >= 4 is 11.8 Å². The van der Waals surface area contributed by atoms with Crippen molar-refractivity contribution in [3.8, 4) is 11.5 Å². The van der Waals surface area contributed by atoms with Crippen molar-refractivity contribution in [3.63, 3.8) is 0 Å². The monoisotopic (exact) mass is 279 g/mol. The van der Waals surface area contributed by atoms with Crippen LogP contribution in [0.5, 0.6) is 11.5 Å². The SMILES string of the molecule is CC1(C)CSC(C)(CCc2ccc3c(c2)OCO3)N1. The lowest BCUT2D eigenvalue weighted by atomic mass is 10.0. The predicted octanol–water partition coefficient (Wildman–Crippen LogP) is 3.18. The topological polar surface area (TPSA) is 30.5 Å². The Morgan fingerprint density at radius 3 is 2.74 bits per heavy atom. The Bertz CT molecular complexity index is 489. The van der Waals surface area contributed by atoms with E-state index in [9.17, 15) is 0 Å². The number of nitrogens with one attached hydrogen (secondary N) is 1. The second kappa shape index (κ2) is 4.60. The number of hydrogen-bond donors (Lipinski definition) is 1. The van der Waals surface area contributed by atoms with Gasteiger partial charge in [0.2, 0.25) is 6.79 Å². The van der Waals surface area contributed by atoms with E-state index < -0.39 is 0 Å². The Hall–Kier alpha value is -0.870. The number of ether oxygens (including phenoxy) is 2. The molecule has 0 radical (unpaired) electrons. The summed E-state index contributed by atoms with van der Waals surface area (Å²) in [5.74, 6) is 2.92. The first-order valence-corrected chi connectivity index (χ1v) is 7.76. The van der Waals surface area contributed by atoms with Gasteiger partial charge in [-0.2, -0.15) is 0 Å². The van der Waals surface area contributed by atoms with Gasteiger partial charge in [0.1, 0.15) is 0 Å². The van der Waals surface area contributed by atoms with Crippen molar-refractivity contribution in [3.05, 3.63) is 23.8 Å². The Kier molecular flexibility index (Phi) is 3.18. The lowest BCUT2D eigenvalue weighted by Crippen LogP contribution is -2.45. The van der Waals surface area contributed by atoms with Crippen LogP contribution in [0.4, 0.5) is 0 Å². The van der Waals surface area contributed by atoms with E-state index in [0.29, 0.717) is 6.79 Å². The van der Waals surface area contributed by atoms with E-state index in [2.05, 4.69) is 38.2 Å². The molecule has 3 nitrogen and oxygen atoms in total. The molecule has 1 N–H and O–H groups in total. The number of aryl methyl sites for hydroxylation is 1. The van der Waals surface area contributed by atoms with Gasteiger partial charge in [0.05, 0.1) is 4.87 Å². The predicted molar refractivity (Wildman–Crippen MR) is 79.0 cm³/mol. The zero-order valence-corrected chi connectivity index (χ0v) is 12.6. The van der Waals surface area contributed by atoms with E-state index in [4.69, 9.17) is 9.47 Å². The summed E-state index contributed by atoms with van der Waals surface area (Å²) in [7, 11) is 0. The molecule has 1 atom stereocenters. The van der Waals surface area contributed by atoms with Crippen LogP contribution in [-0.4, -0.2) is 23.0 Å². The normalized spacial score (nSPS) is 27.7. The van der Waals surface area contributed by atoms with Gasteiger partial charge in [-0.05, 0) is 51.3 Å².